The van der Waals surface area contributed by atoms with Gasteiger partial charge in [0.1, 0.15) is 0 Å². The van der Waals surface area contributed by atoms with Gasteiger partial charge in [-0.2, -0.15) is 0 Å². The van der Waals surface area contributed by atoms with Crippen LogP contribution < -0.4 is 4.90 Å². The second kappa shape index (κ2) is 13.3. The smallest absolute Gasteiger partial charge is 0.0546 e. The number of anilines is 3. The first-order valence-electron chi connectivity index (χ1n) is 17.5. The summed E-state index contributed by atoms with van der Waals surface area (Å²) in [5.74, 6) is 0. The van der Waals surface area contributed by atoms with Crippen molar-refractivity contribution in [2.75, 3.05) is 4.90 Å². The standard InChI is InChI=1S/C50H35N/c1-6-19-36(20-7-1)40-33-41(37-21-8-2-9-22-37)35-43(34-40)51(42-27-14-5-15-28-42)47-32-18-31-46-44-29-16-17-30-45(44)48(38-23-10-3-11-24-38)49(50(46)47)39-25-12-4-13-26-39/h1-35H. The number of benzene rings is 9. The van der Waals surface area contributed by atoms with E-state index in [0.29, 0.717) is 0 Å². The summed E-state index contributed by atoms with van der Waals surface area (Å²) < 4.78 is 0. The van der Waals surface area contributed by atoms with Crippen molar-refractivity contribution < 1.29 is 0 Å². The molecule has 0 radical (unpaired) electrons. The second-order valence-corrected chi connectivity index (χ2v) is 12.9. The average Bonchev–Trinajstić information content (AvgIpc) is 3.22. The lowest BCUT2D eigenvalue weighted by molar-refractivity contribution is 1.30. The Morgan fingerprint density at radius 2 is 0.686 bits per heavy atom. The van der Waals surface area contributed by atoms with Gasteiger partial charge in [-0.15, -0.1) is 0 Å². The maximum absolute atomic E-state index is 2.46. The average molecular weight is 650 g/mol. The highest BCUT2D eigenvalue weighted by atomic mass is 15.1. The number of fused-ring (bicyclic) bond motifs is 3. The van der Waals surface area contributed by atoms with Crippen LogP contribution in [0.2, 0.25) is 0 Å². The molecule has 0 fully saturated rings. The summed E-state index contributed by atoms with van der Waals surface area (Å²) in [6.07, 6.45) is 0. The Morgan fingerprint density at radius 1 is 0.255 bits per heavy atom. The first-order valence-corrected chi connectivity index (χ1v) is 17.5. The molecule has 0 atom stereocenters. The molecule has 0 bridgehead atoms. The predicted octanol–water partition coefficient (Wildman–Crippen LogP) is 14.1. The number of hydrogen-bond acceptors (Lipinski definition) is 1. The Hall–Kier alpha value is -6.70. The van der Waals surface area contributed by atoms with Crippen molar-refractivity contribution in [3.05, 3.63) is 212 Å². The molecule has 0 aliphatic carbocycles. The largest absolute Gasteiger partial charge is 0.310 e. The van der Waals surface area contributed by atoms with Crippen LogP contribution in [0.5, 0.6) is 0 Å². The van der Waals surface area contributed by atoms with Crippen molar-refractivity contribution in [2.45, 2.75) is 0 Å². The van der Waals surface area contributed by atoms with Crippen molar-refractivity contribution in [2.24, 2.45) is 0 Å². The van der Waals surface area contributed by atoms with E-state index in [0.717, 1.165) is 17.1 Å². The highest BCUT2D eigenvalue weighted by Gasteiger charge is 2.24. The summed E-state index contributed by atoms with van der Waals surface area (Å²) in [5, 5.41) is 4.93. The minimum absolute atomic E-state index is 1.10. The van der Waals surface area contributed by atoms with Crippen LogP contribution in [-0.2, 0) is 0 Å². The number of hydrogen-bond donors (Lipinski definition) is 0. The molecule has 9 aromatic rings. The fourth-order valence-corrected chi connectivity index (χ4v) is 7.55. The monoisotopic (exact) mass is 649 g/mol. The first-order chi connectivity index (χ1) is 25.3. The molecule has 0 amide bonds. The van der Waals surface area contributed by atoms with E-state index in [1.54, 1.807) is 0 Å². The van der Waals surface area contributed by atoms with Gasteiger partial charge in [-0.25, -0.2) is 0 Å². The molecule has 51 heavy (non-hydrogen) atoms. The Labute approximate surface area is 299 Å². The molecule has 0 spiro atoms. The molecule has 0 aromatic heterocycles. The van der Waals surface area contributed by atoms with Gasteiger partial charge < -0.3 is 4.90 Å². The zero-order valence-corrected chi connectivity index (χ0v) is 28.2. The fourth-order valence-electron chi connectivity index (χ4n) is 7.55. The summed E-state index contributed by atoms with van der Waals surface area (Å²) in [6.45, 7) is 0. The lowest BCUT2D eigenvalue weighted by atomic mass is 9.84. The molecular weight excluding hydrogens is 615 g/mol. The van der Waals surface area contributed by atoms with Crippen LogP contribution in [0.1, 0.15) is 0 Å². The molecule has 0 aliphatic heterocycles. The van der Waals surface area contributed by atoms with E-state index in [1.807, 2.05) is 0 Å². The maximum atomic E-state index is 2.46. The molecule has 0 unspecified atom stereocenters. The van der Waals surface area contributed by atoms with Gasteiger partial charge in [0.25, 0.3) is 0 Å². The van der Waals surface area contributed by atoms with E-state index in [2.05, 4.69) is 217 Å². The van der Waals surface area contributed by atoms with Crippen LogP contribution in [0.25, 0.3) is 66.1 Å². The summed E-state index contributed by atoms with van der Waals surface area (Å²) in [6, 6.07) is 76.7. The van der Waals surface area contributed by atoms with Gasteiger partial charge in [0.05, 0.1) is 5.69 Å². The van der Waals surface area contributed by atoms with Crippen LogP contribution in [0, 0.1) is 0 Å². The van der Waals surface area contributed by atoms with E-state index in [9.17, 15) is 0 Å². The SMILES string of the molecule is c1ccc(-c2cc(-c3ccccc3)cc(N(c3ccccc3)c3cccc4c3c(-c3ccccc3)c(-c3ccccc3)c3ccccc34)c2)cc1. The van der Waals surface area contributed by atoms with E-state index in [-0.39, 0.29) is 0 Å². The van der Waals surface area contributed by atoms with Crippen molar-refractivity contribution in [3.63, 3.8) is 0 Å². The van der Waals surface area contributed by atoms with Gasteiger partial charge in [0, 0.05) is 22.3 Å². The summed E-state index contributed by atoms with van der Waals surface area (Å²) in [4.78, 5) is 2.46. The zero-order valence-electron chi connectivity index (χ0n) is 28.2. The molecule has 240 valence electrons. The Morgan fingerprint density at radius 3 is 1.24 bits per heavy atom. The number of para-hydroxylation sites is 1. The van der Waals surface area contributed by atoms with Gasteiger partial charge in [0.15, 0.2) is 0 Å². The van der Waals surface area contributed by atoms with Crippen molar-refractivity contribution in [3.8, 4) is 44.5 Å². The van der Waals surface area contributed by atoms with Crippen molar-refractivity contribution in [1.29, 1.82) is 0 Å². The third-order valence-corrected chi connectivity index (χ3v) is 9.80. The third-order valence-electron chi connectivity index (χ3n) is 9.80. The Balaban J connectivity index is 1.43. The van der Waals surface area contributed by atoms with Crippen molar-refractivity contribution in [1.82, 2.24) is 0 Å². The molecule has 9 rings (SSSR count). The van der Waals surface area contributed by atoms with Crippen molar-refractivity contribution >= 4 is 38.6 Å². The third kappa shape index (κ3) is 5.65. The van der Waals surface area contributed by atoms with E-state index < -0.39 is 0 Å². The molecule has 0 saturated carbocycles. The first kappa shape index (κ1) is 30.4. The molecule has 0 saturated heterocycles. The topological polar surface area (TPSA) is 3.24 Å². The van der Waals surface area contributed by atoms with E-state index >= 15 is 0 Å². The second-order valence-electron chi connectivity index (χ2n) is 12.9. The minimum Gasteiger partial charge on any atom is -0.310 e. The van der Waals surface area contributed by atoms with Gasteiger partial charge in [-0.1, -0.05) is 176 Å². The zero-order chi connectivity index (χ0) is 34.0. The lowest BCUT2D eigenvalue weighted by Gasteiger charge is -2.30. The highest BCUT2D eigenvalue weighted by molar-refractivity contribution is 6.25. The van der Waals surface area contributed by atoms with Gasteiger partial charge >= 0.3 is 0 Å². The molecule has 1 nitrogen and oxygen atoms in total. The summed E-state index contributed by atoms with van der Waals surface area (Å²) in [5.41, 5.74) is 12.9. The normalized spacial score (nSPS) is 11.1. The molecular formula is C50H35N. The minimum atomic E-state index is 1.10. The Kier molecular flexibility index (Phi) is 7.92. The van der Waals surface area contributed by atoms with Gasteiger partial charge in [-0.05, 0) is 91.5 Å². The molecule has 9 aromatic carbocycles. The van der Waals surface area contributed by atoms with Crippen LogP contribution in [0.15, 0.2) is 212 Å². The molecule has 0 heterocycles. The van der Waals surface area contributed by atoms with E-state index in [1.165, 1.54) is 66.1 Å². The molecule has 0 aliphatic rings. The molecule has 0 N–H and O–H groups in total. The summed E-state index contributed by atoms with van der Waals surface area (Å²) in [7, 11) is 0. The van der Waals surface area contributed by atoms with Crippen LogP contribution >= 0.6 is 0 Å². The number of nitrogens with zero attached hydrogens (tertiary/aromatic N) is 1. The number of rotatable bonds is 7. The van der Waals surface area contributed by atoms with Gasteiger partial charge in [0.2, 0.25) is 0 Å². The molecule has 1 heteroatoms. The van der Waals surface area contributed by atoms with E-state index in [4.69, 9.17) is 0 Å². The quantitative estimate of drug-likeness (QED) is 0.155. The summed E-state index contributed by atoms with van der Waals surface area (Å²) >= 11 is 0. The fraction of sp³-hybridized carbons (Fsp3) is 0. The van der Waals surface area contributed by atoms with Crippen LogP contribution in [0.4, 0.5) is 17.1 Å². The maximum Gasteiger partial charge on any atom is 0.0546 e. The highest BCUT2D eigenvalue weighted by Crippen LogP contribution is 2.50. The predicted molar refractivity (Wildman–Crippen MR) is 218 cm³/mol. The van der Waals surface area contributed by atoms with Gasteiger partial charge in [-0.3, -0.25) is 0 Å². The lowest BCUT2D eigenvalue weighted by Crippen LogP contribution is -2.11. The Bertz CT molecular complexity index is 2540. The van der Waals surface area contributed by atoms with Crippen LogP contribution in [-0.4, -0.2) is 0 Å². The van der Waals surface area contributed by atoms with Crippen LogP contribution in [0.3, 0.4) is 0 Å².